The molecule has 1 heterocycles. The number of carboxylic acid groups (broad SMARTS) is 1. The average Bonchev–Trinajstić information content (AvgIpc) is 2.71. The second-order valence-electron chi connectivity index (χ2n) is 4.76. The van der Waals surface area contributed by atoms with Crippen molar-refractivity contribution in [1.82, 2.24) is 4.90 Å². The van der Waals surface area contributed by atoms with Gasteiger partial charge in [0.25, 0.3) is 0 Å². The molecular weight excluding hydrogens is 228 g/mol. The zero-order chi connectivity index (χ0) is 13.1. The van der Waals surface area contributed by atoms with Gasteiger partial charge in [-0.15, -0.1) is 0 Å². The van der Waals surface area contributed by atoms with Crippen LogP contribution >= 0.6 is 0 Å². The van der Waals surface area contributed by atoms with E-state index in [-0.39, 0.29) is 12.0 Å². The standard InChI is InChI=1S/C14H16N2O2/c1-10-13(14(17)18)5-6-16(10)9-12-4-2-3-11(7-12)8-15/h2-4,7,10,13H,5-6,9H2,1H3,(H,17,18). The second kappa shape index (κ2) is 5.19. The fourth-order valence-electron chi connectivity index (χ4n) is 2.53. The van der Waals surface area contributed by atoms with Gasteiger partial charge in [0.15, 0.2) is 0 Å². The topological polar surface area (TPSA) is 64.3 Å². The van der Waals surface area contributed by atoms with Gasteiger partial charge in [0, 0.05) is 12.6 Å². The highest BCUT2D eigenvalue weighted by molar-refractivity contribution is 5.71. The molecule has 1 aliphatic rings. The van der Waals surface area contributed by atoms with Crippen LogP contribution in [0.4, 0.5) is 0 Å². The molecule has 1 N–H and O–H groups in total. The Hall–Kier alpha value is -1.86. The first-order chi connectivity index (χ1) is 8.61. The Morgan fingerprint density at radius 1 is 1.61 bits per heavy atom. The van der Waals surface area contributed by atoms with Crippen LogP contribution in [0.5, 0.6) is 0 Å². The van der Waals surface area contributed by atoms with Crippen LogP contribution in [-0.2, 0) is 11.3 Å². The van der Waals surface area contributed by atoms with E-state index in [0.29, 0.717) is 18.5 Å². The molecule has 94 valence electrons. The summed E-state index contributed by atoms with van der Waals surface area (Å²) in [7, 11) is 0. The van der Waals surface area contributed by atoms with Crippen LogP contribution in [0.3, 0.4) is 0 Å². The number of nitriles is 1. The average molecular weight is 244 g/mol. The van der Waals surface area contributed by atoms with Crippen LogP contribution in [-0.4, -0.2) is 28.6 Å². The Kier molecular flexibility index (Phi) is 3.63. The van der Waals surface area contributed by atoms with Crippen molar-refractivity contribution in [3.63, 3.8) is 0 Å². The zero-order valence-electron chi connectivity index (χ0n) is 10.3. The molecule has 1 saturated heterocycles. The minimum atomic E-state index is -0.712. The van der Waals surface area contributed by atoms with Gasteiger partial charge < -0.3 is 5.11 Å². The maximum Gasteiger partial charge on any atom is 0.308 e. The predicted molar refractivity (Wildman–Crippen MR) is 66.8 cm³/mol. The summed E-state index contributed by atoms with van der Waals surface area (Å²) < 4.78 is 0. The number of likely N-dealkylation sites (tertiary alicyclic amines) is 1. The van der Waals surface area contributed by atoms with Gasteiger partial charge in [-0.25, -0.2) is 0 Å². The van der Waals surface area contributed by atoms with E-state index in [9.17, 15) is 4.79 Å². The van der Waals surface area contributed by atoms with E-state index in [0.717, 1.165) is 12.1 Å². The molecule has 0 saturated carbocycles. The van der Waals surface area contributed by atoms with Crippen LogP contribution in [0.15, 0.2) is 24.3 Å². The van der Waals surface area contributed by atoms with Gasteiger partial charge in [-0.1, -0.05) is 12.1 Å². The van der Waals surface area contributed by atoms with Gasteiger partial charge in [-0.3, -0.25) is 9.69 Å². The molecular formula is C14H16N2O2. The first kappa shape index (κ1) is 12.6. The summed E-state index contributed by atoms with van der Waals surface area (Å²) in [5.74, 6) is -0.986. The molecule has 1 aromatic rings. The highest BCUT2D eigenvalue weighted by atomic mass is 16.4. The molecule has 1 fully saturated rings. The number of rotatable bonds is 3. The molecule has 0 aromatic heterocycles. The van der Waals surface area contributed by atoms with Crippen molar-refractivity contribution in [3.8, 4) is 6.07 Å². The predicted octanol–water partition coefficient (Wildman–Crippen LogP) is 1.85. The molecule has 0 radical (unpaired) electrons. The number of nitrogens with zero attached hydrogens (tertiary/aromatic N) is 2. The zero-order valence-corrected chi connectivity index (χ0v) is 10.3. The molecule has 2 atom stereocenters. The van der Waals surface area contributed by atoms with Gasteiger partial charge in [-0.05, 0) is 37.6 Å². The maximum atomic E-state index is 11.0. The van der Waals surface area contributed by atoms with Gasteiger partial charge in [0.1, 0.15) is 0 Å². The summed E-state index contributed by atoms with van der Waals surface area (Å²) in [5.41, 5.74) is 1.71. The number of carbonyl (C=O) groups is 1. The minimum absolute atomic E-state index is 0.0493. The SMILES string of the molecule is CC1C(C(=O)O)CCN1Cc1cccc(C#N)c1. The summed E-state index contributed by atoms with van der Waals surface area (Å²) in [6.45, 7) is 3.47. The van der Waals surface area contributed by atoms with Crippen molar-refractivity contribution in [3.05, 3.63) is 35.4 Å². The van der Waals surface area contributed by atoms with E-state index in [2.05, 4.69) is 11.0 Å². The van der Waals surface area contributed by atoms with Gasteiger partial charge in [0.05, 0.1) is 17.6 Å². The van der Waals surface area contributed by atoms with Crippen molar-refractivity contribution in [2.24, 2.45) is 5.92 Å². The molecule has 0 amide bonds. The number of hydrogen-bond donors (Lipinski definition) is 1. The Balaban J connectivity index is 2.06. The highest BCUT2D eigenvalue weighted by Crippen LogP contribution is 2.26. The lowest BCUT2D eigenvalue weighted by Crippen LogP contribution is -2.32. The molecule has 0 bridgehead atoms. The third kappa shape index (κ3) is 2.52. The quantitative estimate of drug-likeness (QED) is 0.881. The van der Waals surface area contributed by atoms with Crippen LogP contribution in [0, 0.1) is 17.2 Å². The molecule has 0 aliphatic carbocycles. The van der Waals surface area contributed by atoms with E-state index in [1.807, 2.05) is 25.1 Å². The summed E-state index contributed by atoms with van der Waals surface area (Å²) >= 11 is 0. The first-order valence-corrected chi connectivity index (χ1v) is 6.07. The van der Waals surface area contributed by atoms with Crippen LogP contribution in [0.25, 0.3) is 0 Å². The van der Waals surface area contributed by atoms with E-state index in [1.54, 1.807) is 6.07 Å². The monoisotopic (exact) mass is 244 g/mol. The fraction of sp³-hybridized carbons (Fsp3) is 0.429. The number of carboxylic acids is 1. The first-order valence-electron chi connectivity index (χ1n) is 6.07. The largest absolute Gasteiger partial charge is 0.481 e. The minimum Gasteiger partial charge on any atom is -0.481 e. The molecule has 2 unspecified atom stereocenters. The van der Waals surface area contributed by atoms with Gasteiger partial charge >= 0.3 is 5.97 Å². The molecule has 0 spiro atoms. The van der Waals surface area contributed by atoms with Crippen molar-refractivity contribution >= 4 is 5.97 Å². The van der Waals surface area contributed by atoms with E-state index >= 15 is 0 Å². The van der Waals surface area contributed by atoms with E-state index in [4.69, 9.17) is 10.4 Å². The highest BCUT2D eigenvalue weighted by Gasteiger charge is 2.35. The molecule has 1 aliphatic heterocycles. The third-order valence-corrected chi connectivity index (χ3v) is 3.64. The Morgan fingerprint density at radius 2 is 2.39 bits per heavy atom. The Bertz CT molecular complexity index is 493. The number of hydrogen-bond acceptors (Lipinski definition) is 3. The lowest BCUT2D eigenvalue weighted by atomic mass is 10.0. The summed E-state index contributed by atoms with van der Waals surface area (Å²) in [6, 6.07) is 9.64. The molecule has 4 nitrogen and oxygen atoms in total. The van der Waals surface area contributed by atoms with Gasteiger partial charge in [0.2, 0.25) is 0 Å². The van der Waals surface area contributed by atoms with Crippen LogP contribution in [0.1, 0.15) is 24.5 Å². The summed E-state index contributed by atoms with van der Waals surface area (Å²) in [4.78, 5) is 13.2. The van der Waals surface area contributed by atoms with Crippen molar-refractivity contribution in [1.29, 1.82) is 5.26 Å². The Labute approximate surface area is 106 Å². The Morgan fingerprint density at radius 3 is 3.00 bits per heavy atom. The van der Waals surface area contributed by atoms with Crippen molar-refractivity contribution in [2.45, 2.75) is 25.9 Å². The summed E-state index contributed by atoms with van der Waals surface area (Å²) in [5, 5.41) is 17.9. The van der Waals surface area contributed by atoms with Gasteiger partial charge in [-0.2, -0.15) is 5.26 Å². The summed E-state index contributed by atoms with van der Waals surface area (Å²) in [6.07, 6.45) is 0.703. The van der Waals surface area contributed by atoms with E-state index in [1.165, 1.54) is 0 Å². The molecule has 1 aromatic carbocycles. The maximum absolute atomic E-state index is 11.0. The molecule has 4 heteroatoms. The lowest BCUT2D eigenvalue weighted by molar-refractivity contribution is -0.142. The fourth-order valence-corrected chi connectivity index (χ4v) is 2.53. The molecule has 18 heavy (non-hydrogen) atoms. The third-order valence-electron chi connectivity index (χ3n) is 3.64. The van der Waals surface area contributed by atoms with Crippen LogP contribution < -0.4 is 0 Å². The van der Waals surface area contributed by atoms with Crippen molar-refractivity contribution in [2.75, 3.05) is 6.54 Å². The van der Waals surface area contributed by atoms with Crippen LogP contribution in [0.2, 0.25) is 0 Å². The normalized spacial score (nSPS) is 23.8. The molecule has 2 rings (SSSR count). The lowest BCUT2D eigenvalue weighted by Gasteiger charge is -2.23. The number of benzene rings is 1. The van der Waals surface area contributed by atoms with E-state index < -0.39 is 5.97 Å². The van der Waals surface area contributed by atoms with Crippen molar-refractivity contribution < 1.29 is 9.90 Å². The number of aliphatic carboxylic acids is 1. The smallest absolute Gasteiger partial charge is 0.308 e. The second-order valence-corrected chi connectivity index (χ2v) is 4.76.